The van der Waals surface area contributed by atoms with Gasteiger partial charge in [-0.05, 0) is 63.2 Å². The number of phosphoric ester groups is 2. The molecule has 3 N–H and O–H groups in total. The molecule has 0 heterocycles. The monoisotopic (exact) mass is 1420 g/mol. The van der Waals surface area contributed by atoms with Crippen LogP contribution in [0.5, 0.6) is 0 Å². The van der Waals surface area contributed by atoms with E-state index < -0.39 is 97.5 Å². The highest BCUT2D eigenvalue weighted by Crippen LogP contribution is 2.45. The van der Waals surface area contributed by atoms with Crippen molar-refractivity contribution in [3.05, 3.63) is 24.3 Å². The van der Waals surface area contributed by atoms with Gasteiger partial charge in [-0.1, -0.05) is 329 Å². The van der Waals surface area contributed by atoms with E-state index >= 15 is 0 Å². The van der Waals surface area contributed by atoms with E-state index in [9.17, 15) is 43.2 Å². The van der Waals surface area contributed by atoms with Crippen LogP contribution in [-0.4, -0.2) is 96.7 Å². The van der Waals surface area contributed by atoms with Crippen LogP contribution in [-0.2, 0) is 65.4 Å². The summed E-state index contributed by atoms with van der Waals surface area (Å²) in [4.78, 5) is 72.8. The Labute approximate surface area is 592 Å². The van der Waals surface area contributed by atoms with Crippen LogP contribution in [0.25, 0.3) is 0 Å². The molecule has 0 aliphatic rings. The third-order valence-electron chi connectivity index (χ3n) is 17.6. The first-order valence-electron chi connectivity index (χ1n) is 39.8. The summed E-state index contributed by atoms with van der Waals surface area (Å²) in [5, 5.41) is 10.6. The molecule has 5 atom stereocenters. The van der Waals surface area contributed by atoms with Crippen LogP contribution in [0.3, 0.4) is 0 Å². The van der Waals surface area contributed by atoms with E-state index in [1.807, 2.05) is 0 Å². The minimum absolute atomic E-state index is 0.101. The van der Waals surface area contributed by atoms with Crippen molar-refractivity contribution in [1.82, 2.24) is 0 Å². The molecule has 19 heteroatoms. The number of phosphoric acid groups is 2. The van der Waals surface area contributed by atoms with Crippen LogP contribution in [0.4, 0.5) is 0 Å². The van der Waals surface area contributed by atoms with Gasteiger partial charge in [-0.2, -0.15) is 0 Å². The van der Waals surface area contributed by atoms with E-state index in [1.165, 1.54) is 180 Å². The van der Waals surface area contributed by atoms with Crippen molar-refractivity contribution in [2.24, 2.45) is 11.8 Å². The third-order valence-corrected chi connectivity index (χ3v) is 19.5. The van der Waals surface area contributed by atoms with E-state index in [0.717, 1.165) is 121 Å². The first kappa shape index (κ1) is 94.5. The Morgan fingerprint density at radius 2 is 0.557 bits per heavy atom. The zero-order chi connectivity index (χ0) is 71.4. The molecule has 97 heavy (non-hydrogen) atoms. The number of ether oxygens (including phenoxy) is 4. The molecule has 0 aromatic rings. The van der Waals surface area contributed by atoms with Crippen LogP contribution in [0.2, 0.25) is 0 Å². The summed E-state index contributed by atoms with van der Waals surface area (Å²) in [7, 11) is -9.92. The Hall–Kier alpha value is -2.46. The first-order chi connectivity index (χ1) is 46.9. The van der Waals surface area contributed by atoms with Gasteiger partial charge in [0, 0.05) is 25.7 Å². The molecule has 2 unspecified atom stereocenters. The second-order valence-electron chi connectivity index (χ2n) is 28.4. The van der Waals surface area contributed by atoms with Gasteiger partial charge >= 0.3 is 39.5 Å². The molecule has 0 rings (SSSR count). The van der Waals surface area contributed by atoms with Crippen molar-refractivity contribution in [2.75, 3.05) is 39.6 Å². The molecular formula is C78H148O17P2. The minimum Gasteiger partial charge on any atom is -0.462 e. The molecule has 0 aliphatic carbocycles. The maximum atomic E-state index is 13.1. The van der Waals surface area contributed by atoms with Crippen molar-refractivity contribution in [3.8, 4) is 0 Å². The lowest BCUT2D eigenvalue weighted by Gasteiger charge is -2.21. The van der Waals surface area contributed by atoms with Gasteiger partial charge in [-0.3, -0.25) is 37.3 Å². The summed E-state index contributed by atoms with van der Waals surface area (Å²) >= 11 is 0. The maximum absolute atomic E-state index is 13.1. The highest BCUT2D eigenvalue weighted by atomic mass is 31.2. The summed E-state index contributed by atoms with van der Waals surface area (Å²) in [6, 6.07) is 0. The molecule has 0 aromatic carbocycles. The van der Waals surface area contributed by atoms with E-state index in [1.54, 1.807) is 0 Å². The number of aliphatic hydroxyl groups is 1. The largest absolute Gasteiger partial charge is 0.472 e. The third kappa shape index (κ3) is 71.7. The smallest absolute Gasteiger partial charge is 0.462 e. The molecule has 0 saturated heterocycles. The Kier molecular flexibility index (Phi) is 67.5. The summed E-state index contributed by atoms with van der Waals surface area (Å²) < 4.78 is 68.5. The predicted octanol–water partition coefficient (Wildman–Crippen LogP) is 22.7. The highest BCUT2D eigenvalue weighted by Gasteiger charge is 2.30. The lowest BCUT2D eigenvalue weighted by atomic mass is 10.0. The molecular weight excluding hydrogens is 1270 g/mol. The average molecular weight is 1420 g/mol. The molecule has 0 amide bonds. The number of allylic oxidation sites excluding steroid dienone is 4. The summed E-state index contributed by atoms with van der Waals surface area (Å²) in [6.07, 6.45) is 60.4. The second kappa shape index (κ2) is 69.3. The second-order valence-corrected chi connectivity index (χ2v) is 31.3. The topological polar surface area (TPSA) is 237 Å². The van der Waals surface area contributed by atoms with Crippen molar-refractivity contribution in [3.63, 3.8) is 0 Å². The standard InChI is InChI=1S/C78H148O17P2/c1-7-9-11-13-15-17-18-19-21-25-31-37-43-49-55-61-76(81)89-67-74(95-77(82)62-56-50-44-38-32-26-23-20-22-24-29-35-40-46-52-58-70(3)4)69-93-97(86,87)91-65-72(79)64-90-96(84,85)92-68-73(66-88-75(80)60-54-48-42-34-16-14-12-10-8-2)94-78(83)63-57-51-45-39-33-28-27-30-36-41-47-53-59-71(5)6/h17-19,21,70-74,79H,7-16,20,22-69H2,1-6H3,(H,84,85)(H,86,87)/b18-17-,21-19-/t72-,73+,74+/m0/s1. The molecule has 17 nitrogen and oxygen atoms in total. The van der Waals surface area contributed by atoms with E-state index in [2.05, 4.69) is 65.8 Å². The number of carbonyl (C=O) groups excluding carboxylic acids is 4. The molecule has 0 spiro atoms. The van der Waals surface area contributed by atoms with Gasteiger partial charge < -0.3 is 33.8 Å². The summed E-state index contributed by atoms with van der Waals surface area (Å²) in [6.45, 7) is 9.56. The van der Waals surface area contributed by atoms with Gasteiger partial charge in [0.15, 0.2) is 12.2 Å². The number of aliphatic hydroxyl groups excluding tert-OH is 1. The number of unbranched alkanes of at least 4 members (excludes halogenated alkanes) is 42. The van der Waals surface area contributed by atoms with Gasteiger partial charge in [0.05, 0.1) is 26.4 Å². The molecule has 0 radical (unpaired) electrons. The summed E-state index contributed by atoms with van der Waals surface area (Å²) in [5.41, 5.74) is 0. The Morgan fingerprint density at radius 3 is 0.845 bits per heavy atom. The van der Waals surface area contributed by atoms with E-state index in [-0.39, 0.29) is 25.7 Å². The van der Waals surface area contributed by atoms with E-state index in [4.69, 9.17) is 37.0 Å². The van der Waals surface area contributed by atoms with E-state index in [0.29, 0.717) is 25.7 Å². The van der Waals surface area contributed by atoms with Gasteiger partial charge in [0.2, 0.25) is 0 Å². The highest BCUT2D eigenvalue weighted by molar-refractivity contribution is 7.47. The zero-order valence-corrected chi connectivity index (χ0v) is 64.7. The van der Waals surface area contributed by atoms with Crippen molar-refractivity contribution in [2.45, 2.75) is 400 Å². The molecule has 572 valence electrons. The van der Waals surface area contributed by atoms with Gasteiger partial charge in [0.25, 0.3) is 0 Å². The first-order valence-corrected chi connectivity index (χ1v) is 42.8. The fraction of sp³-hybridized carbons (Fsp3) is 0.897. The Bertz CT molecular complexity index is 1970. The Morgan fingerprint density at radius 1 is 0.320 bits per heavy atom. The number of hydrogen-bond donors (Lipinski definition) is 3. The van der Waals surface area contributed by atoms with Crippen molar-refractivity contribution >= 4 is 39.5 Å². The van der Waals surface area contributed by atoms with Crippen LogP contribution in [0.1, 0.15) is 382 Å². The molecule has 0 aromatic heterocycles. The van der Waals surface area contributed by atoms with Crippen LogP contribution < -0.4 is 0 Å². The number of carbonyl (C=O) groups is 4. The number of esters is 4. The molecule has 0 aliphatic heterocycles. The molecule has 0 bridgehead atoms. The maximum Gasteiger partial charge on any atom is 0.472 e. The van der Waals surface area contributed by atoms with Gasteiger partial charge in [-0.25, -0.2) is 9.13 Å². The van der Waals surface area contributed by atoms with Crippen LogP contribution >= 0.6 is 15.6 Å². The summed E-state index contributed by atoms with van der Waals surface area (Å²) in [5.74, 6) is -0.568. The SMILES string of the molecule is CCCCCC/C=C\C=C/CCCCCCCC(=O)OC[C@H](COP(=O)(O)OC[C@@H](O)COP(=O)(O)OC[C@@H](COC(=O)CCCCCCCCCCC)OC(=O)CCCCCCCCCCCCCCC(C)C)OC(=O)CCCCCCCCCCCCCCCCCC(C)C. The quantitative estimate of drug-likeness (QED) is 0.0169. The molecule has 0 saturated carbocycles. The lowest BCUT2D eigenvalue weighted by molar-refractivity contribution is -0.161. The van der Waals surface area contributed by atoms with Gasteiger partial charge in [0.1, 0.15) is 19.3 Å². The van der Waals surface area contributed by atoms with Crippen LogP contribution in [0, 0.1) is 11.8 Å². The minimum atomic E-state index is -4.97. The normalized spacial score (nSPS) is 14.1. The average Bonchev–Trinajstić information content (AvgIpc) is 1.10. The molecule has 0 fully saturated rings. The number of rotatable bonds is 75. The van der Waals surface area contributed by atoms with Crippen LogP contribution in [0.15, 0.2) is 24.3 Å². The predicted molar refractivity (Wildman–Crippen MR) is 395 cm³/mol. The van der Waals surface area contributed by atoms with Crippen molar-refractivity contribution in [1.29, 1.82) is 0 Å². The fourth-order valence-electron chi connectivity index (χ4n) is 11.5. The Balaban J connectivity index is 5.26. The fourth-order valence-corrected chi connectivity index (χ4v) is 13.0. The van der Waals surface area contributed by atoms with Crippen molar-refractivity contribution < 1.29 is 80.2 Å². The number of hydrogen-bond acceptors (Lipinski definition) is 15. The zero-order valence-electron chi connectivity index (χ0n) is 62.9. The lowest BCUT2D eigenvalue weighted by Crippen LogP contribution is -2.30. The van der Waals surface area contributed by atoms with Gasteiger partial charge in [-0.15, -0.1) is 0 Å².